The molecule has 1 aliphatic heterocycles. The predicted octanol–water partition coefficient (Wildman–Crippen LogP) is 1.50. The molecule has 0 aromatic carbocycles. The molecular weight excluding hydrogens is 250 g/mol. The predicted molar refractivity (Wildman–Crippen MR) is 70.9 cm³/mol. The smallest absolute Gasteiger partial charge is 0.239 e. The highest BCUT2D eigenvalue weighted by molar-refractivity contribution is 7.89. The number of hydrogen-bond acceptors (Lipinski definition) is 4. The zero-order valence-electron chi connectivity index (χ0n) is 10.4. The van der Waals surface area contributed by atoms with Crippen molar-refractivity contribution in [3.05, 3.63) is 18.3 Å². The van der Waals surface area contributed by atoms with Gasteiger partial charge in [-0.15, -0.1) is 0 Å². The van der Waals surface area contributed by atoms with E-state index in [0.29, 0.717) is 0 Å². The van der Waals surface area contributed by atoms with Crippen LogP contribution in [-0.4, -0.2) is 26.5 Å². The van der Waals surface area contributed by atoms with Crippen LogP contribution < -0.4 is 10.0 Å². The fourth-order valence-corrected chi connectivity index (χ4v) is 2.66. The highest BCUT2D eigenvalue weighted by atomic mass is 32.2. The van der Waals surface area contributed by atoms with Crippen LogP contribution in [0, 0.1) is 0 Å². The van der Waals surface area contributed by atoms with E-state index in [2.05, 4.69) is 9.88 Å². The maximum atomic E-state index is 11.1. The van der Waals surface area contributed by atoms with E-state index in [-0.39, 0.29) is 4.90 Å². The maximum absolute atomic E-state index is 11.1. The van der Waals surface area contributed by atoms with Crippen LogP contribution in [-0.2, 0) is 10.0 Å². The fourth-order valence-electron chi connectivity index (χ4n) is 2.20. The van der Waals surface area contributed by atoms with Gasteiger partial charge in [-0.05, 0) is 25.0 Å². The Bertz CT molecular complexity index is 477. The molecule has 0 amide bonds. The molecule has 0 aliphatic carbocycles. The lowest BCUT2D eigenvalue weighted by Crippen LogP contribution is -2.27. The number of rotatable bonds is 2. The van der Waals surface area contributed by atoms with Crippen LogP contribution in [0.15, 0.2) is 23.2 Å². The third kappa shape index (κ3) is 3.43. The number of nitrogens with zero attached hydrogens (tertiary/aromatic N) is 2. The summed E-state index contributed by atoms with van der Waals surface area (Å²) in [5.74, 6) is 0.837. The van der Waals surface area contributed by atoms with Crippen LogP contribution in [0.1, 0.15) is 32.1 Å². The molecule has 2 rings (SSSR count). The van der Waals surface area contributed by atoms with Gasteiger partial charge in [0.25, 0.3) is 0 Å². The summed E-state index contributed by atoms with van der Waals surface area (Å²) in [4.78, 5) is 6.49. The average molecular weight is 269 g/mol. The van der Waals surface area contributed by atoms with Crippen LogP contribution in [0.4, 0.5) is 5.82 Å². The monoisotopic (exact) mass is 269 g/mol. The third-order valence-corrected chi connectivity index (χ3v) is 4.13. The van der Waals surface area contributed by atoms with Crippen molar-refractivity contribution < 1.29 is 8.42 Å². The Labute approximate surface area is 108 Å². The van der Waals surface area contributed by atoms with Crippen molar-refractivity contribution in [2.75, 3.05) is 18.0 Å². The van der Waals surface area contributed by atoms with E-state index in [9.17, 15) is 8.42 Å². The molecule has 0 unspecified atom stereocenters. The highest BCUT2D eigenvalue weighted by Crippen LogP contribution is 2.18. The molecule has 0 spiro atoms. The molecule has 1 saturated heterocycles. The molecule has 0 bridgehead atoms. The molecule has 2 heterocycles. The minimum Gasteiger partial charge on any atom is -0.357 e. The first kappa shape index (κ1) is 13.3. The molecule has 0 saturated carbocycles. The minimum atomic E-state index is -3.64. The second-order valence-electron chi connectivity index (χ2n) is 4.65. The Kier molecular flexibility index (Phi) is 4.19. The molecule has 2 N–H and O–H groups in total. The second kappa shape index (κ2) is 5.67. The largest absolute Gasteiger partial charge is 0.357 e. The molecule has 0 atom stereocenters. The van der Waals surface area contributed by atoms with Crippen LogP contribution >= 0.6 is 0 Å². The van der Waals surface area contributed by atoms with Crippen LogP contribution in [0.25, 0.3) is 0 Å². The normalized spacial score (nSPS) is 18.2. The van der Waals surface area contributed by atoms with Crippen molar-refractivity contribution >= 4 is 15.8 Å². The van der Waals surface area contributed by atoms with E-state index >= 15 is 0 Å². The van der Waals surface area contributed by atoms with Gasteiger partial charge in [-0.1, -0.05) is 19.3 Å². The molecule has 0 radical (unpaired) electrons. The van der Waals surface area contributed by atoms with Gasteiger partial charge in [0.2, 0.25) is 10.0 Å². The SMILES string of the molecule is NS(=O)(=O)c1ccc(N2CCCCCCC2)nc1. The maximum Gasteiger partial charge on any atom is 0.239 e. The number of anilines is 1. The summed E-state index contributed by atoms with van der Waals surface area (Å²) in [5.41, 5.74) is 0. The second-order valence-corrected chi connectivity index (χ2v) is 6.21. The number of pyridine rings is 1. The summed E-state index contributed by atoms with van der Waals surface area (Å²) in [6, 6.07) is 3.26. The Morgan fingerprint density at radius 1 is 1.06 bits per heavy atom. The average Bonchev–Trinajstić information content (AvgIpc) is 2.27. The quantitative estimate of drug-likeness (QED) is 0.882. The van der Waals surface area contributed by atoms with Gasteiger partial charge in [0.05, 0.1) is 0 Å². The number of nitrogens with two attached hydrogens (primary N) is 1. The van der Waals surface area contributed by atoms with E-state index in [0.717, 1.165) is 18.9 Å². The zero-order valence-corrected chi connectivity index (χ0v) is 11.2. The summed E-state index contributed by atoms with van der Waals surface area (Å²) >= 11 is 0. The van der Waals surface area contributed by atoms with Gasteiger partial charge >= 0.3 is 0 Å². The van der Waals surface area contributed by atoms with E-state index in [1.165, 1.54) is 44.4 Å². The minimum absolute atomic E-state index is 0.0679. The van der Waals surface area contributed by atoms with E-state index in [4.69, 9.17) is 5.14 Å². The van der Waals surface area contributed by atoms with Gasteiger partial charge in [-0.2, -0.15) is 0 Å². The first-order valence-electron chi connectivity index (χ1n) is 6.31. The van der Waals surface area contributed by atoms with Crippen LogP contribution in [0.5, 0.6) is 0 Å². The van der Waals surface area contributed by atoms with Crippen molar-refractivity contribution in [1.29, 1.82) is 0 Å². The Hall–Kier alpha value is -1.14. The first-order chi connectivity index (χ1) is 8.57. The van der Waals surface area contributed by atoms with Crippen molar-refractivity contribution in [3.8, 4) is 0 Å². The van der Waals surface area contributed by atoms with Crippen LogP contribution in [0.2, 0.25) is 0 Å². The summed E-state index contributed by atoms with van der Waals surface area (Å²) in [6.45, 7) is 1.98. The summed E-state index contributed by atoms with van der Waals surface area (Å²) in [7, 11) is -3.64. The zero-order chi connectivity index (χ0) is 13.0. The van der Waals surface area contributed by atoms with Gasteiger partial charge in [-0.25, -0.2) is 18.5 Å². The summed E-state index contributed by atoms with van der Waals surface area (Å²) < 4.78 is 22.3. The summed E-state index contributed by atoms with van der Waals surface area (Å²) in [6.07, 6.45) is 7.49. The molecule has 5 nitrogen and oxygen atoms in total. The van der Waals surface area contributed by atoms with Gasteiger partial charge in [0.1, 0.15) is 10.7 Å². The number of sulfonamides is 1. The topological polar surface area (TPSA) is 76.3 Å². The lowest BCUT2D eigenvalue weighted by Gasteiger charge is -2.25. The van der Waals surface area contributed by atoms with Crippen molar-refractivity contribution in [2.24, 2.45) is 5.14 Å². The lowest BCUT2D eigenvalue weighted by molar-refractivity contribution is 0.553. The summed E-state index contributed by atoms with van der Waals surface area (Å²) in [5, 5.41) is 5.05. The molecule has 1 aromatic rings. The molecule has 100 valence electrons. The Morgan fingerprint density at radius 3 is 2.17 bits per heavy atom. The Morgan fingerprint density at radius 2 is 1.67 bits per heavy atom. The van der Waals surface area contributed by atoms with Crippen molar-refractivity contribution in [1.82, 2.24) is 4.98 Å². The van der Waals surface area contributed by atoms with Gasteiger partial charge in [0, 0.05) is 19.3 Å². The van der Waals surface area contributed by atoms with E-state index in [1.54, 1.807) is 6.07 Å². The first-order valence-corrected chi connectivity index (χ1v) is 7.86. The lowest BCUT2D eigenvalue weighted by atomic mass is 10.1. The molecule has 6 heteroatoms. The van der Waals surface area contributed by atoms with E-state index < -0.39 is 10.0 Å². The molecule has 1 fully saturated rings. The fraction of sp³-hybridized carbons (Fsp3) is 0.583. The highest BCUT2D eigenvalue weighted by Gasteiger charge is 2.12. The molecule has 18 heavy (non-hydrogen) atoms. The molecule has 1 aliphatic rings. The van der Waals surface area contributed by atoms with Crippen molar-refractivity contribution in [3.63, 3.8) is 0 Å². The Balaban J connectivity index is 2.12. The van der Waals surface area contributed by atoms with Gasteiger partial charge < -0.3 is 4.90 Å². The van der Waals surface area contributed by atoms with Crippen molar-refractivity contribution in [2.45, 2.75) is 37.0 Å². The van der Waals surface area contributed by atoms with Gasteiger partial charge in [-0.3, -0.25) is 0 Å². The number of aromatic nitrogens is 1. The van der Waals surface area contributed by atoms with E-state index in [1.807, 2.05) is 0 Å². The number of primary sulfonamides is 1. The third-order valence-electron chi connectivity index (χ3n) is 3.23. The van der Waals surface area contributed by atoms with Crippen LogP contribution in [0.3, 0.4) is 0 Å². The molecular formula is C12H19N3O2S. The molecule has 1 aromatic heterocycles. The number of hydrogen-bond donors (Lipinski definition) is 1. The van der Waals surface area contributed by atoms with Gasteiger partial charge in [0.15, 0.2) is 0 Å². The standard InChI is InChI=1S/C12H19N3O2S/c13-18(16,17)11-6-7-12(14-10-11)15-8-4-2-1-3-5-9-15/h6-7,10H,1-5,8-9H2,(H2,13,16,17).